The van der Waals surface area contributed by atoms with Crippen molar-refractivity contribution in [3.05, 3.63) is 11.6 Å². The number of hydrogen-bond donors (Lipinski definition) is 2. The van der Waals surface area contributed by atoms with E-state index in [-0.39, 0.29) is 14.8 Å². The Bertz CT molecular complexity index is 762. The van der Waals surface area contributed by atoms with Crippen LogP contribution in [0.2, 0.25) is 0 Å². The molecular formula is C9H12N2O5S3. The van der Waals surface area contributed by atoms with Crippen LogP contribution in [0, 0.1) is 0 Å². The molecule has 1 aliphatic heterocycles. The van der Waals surface area contributed by atoms with Crippen molar-refractivity contribution in [3.63, 3.8) is 0 Å². The van der Waals surface area contributed by atoms with Gasteiger partial charge in [0.05, 0.1) is 0 Å². The van der Waals surface area contributed by atoms with E-state index in [9.17, 15) is 21.6 Å². The van der Waals surface area contributed by atoms with E-state index in [2.05, 4.69) is 5.32 Å². The molecule has 1 amide bonds. The molecule has 0 saturated heterocycles. The van der Waals surface area contributed by atoms with E-state index < -0.39 is 30.5 Å². The fourth-order valence-electron chi connectivity index (χ4n) is 2.01. The van der Waals surface area contributed by atoms with Crippen LogP contribution in [0.3, 0.4) is 0 Å². The number of thiophene rings is 1. The van der Waals surface area contributed by atoms with Crippen molar-refractivity contribution in [3.8, 4) is 0 Å². The number of nitrogens with one attached hydrogen (secondary N) is 1. The number of carbonyl (C=O) groups is 1. The molecule has 1 atom stereocenters. The average molecular weight is 324 g/mol. The molecule has 0 bridgehead atoms. The first kappa shape index (κ1) is 14.4. The van der Waals surface area contributed by atoms with E-state index in [0.717, 1.165) is 0 Å². The summed E-state index contributed by atoms with van der Waals surface area (Å²) in [6.45, 7) is 1.32. The zero-order valence-corrected chi connectivity index (χ0v) is 12.6. The summed E-state index contributed by atoms with van der Waals surface area (Å²) < 4.78 is 45.3. The largest absolute Gasteiger partial charge is 0.358 e. The SMILES string of the molecule is CNC(=O)C1(C)Cc2cc(S(N)(=O)=O)sc2S1(=O)=O. The zero-order valence-electron chi connectivity index (χ0n) is 10.1. The maximum Gasteiger partial charge on any atom is 0.247 e. The minimum Gasteiger partial charge on any atom is -0.358 e. The van der Waals surface area contributed by atoms with Gasteiger partial charge in [0.2, 0.25) is 25.8 Å². The van der Waals surface area contributed by atoms with Gasteiger partial charge >= 0.3 is 0 Å². The Balaban J connectivity index is 2.63. The molecule has 1 aromatic rings. The van der Waals surface area contributed by atoms with Crippen LogP contribution in [0.4, 0.5) is 0 Å². The van der Waals surface area contributed by atoms with Crippen molar-refractivity contribution < 1.29 is 21.6 Å². The molecule has 0 radical (unpaired) electrons. The lowest BCUT2D eigenvalue weighted by atomic mass is 10.0. The number of rotatable bonds is 2. The van der Waals surface area contributed by atoms with Gasteiger partial charge in [-0.25, -0.2) is 22.0 Å². The van der Waals surface area contributed by atoms with Crippen LogP contribution in [0.5, 0.6) is 0 Å². The molecule has 19 heavy (non-hydrogen) atoms. The maximum atomic E-state index is 12.4. The number of sulfonamides is 1. The predicted octanol–water partition coefficient (Wildman–Crippen LogP) is -0.770. The van der Waals surface area contributed by atoms with E-state index >= 15 is 0 Å². The molecule has 1 unspecified atom stereocenters. The van der Waals surface area contributed by atoms with E-state index in [0.29, 0.717) is 16.9 Å². The van der Waals surface area contributed by atoms with Crippen molar-refractivity contribution in [1.82, 2.24) is 5.32 Å². The van der Waals surface area contributed by atoms with Gasteiger partial charge in [0.1, 0.15) is 8.42 Å². The van der Waals surface area contributed by atoms with Crippen LogP contribution < -0.4 is 10.5 Å². The fraction of sp³-hybridized carbons (Fsp3) is 0.444. The van der Waals surface area contributed by atoms with Crippen LogP contribution in [-0.4, -0.2) is 34.5 Å². The number of carbonyl (C=O) groups excluding carboxylic acids is 1. The summed E-state index contributed by atoms with van der Waals surface area (Å²) >= 11 is 0.585. The van der Waals surface area contributed by atoms with Gasteiger partial charge in [0.15, 0.2) is 4.75 Å². The van der Waals surface area contributed by atoms with Gasteiger partial charge in [-0.2, -0.15) is 0 Å². The first-order chi connectivity index (χ1) is 8.54. The fourth-order valence-corrected chi connectivity index (χ4v) is 6.67. The smallest absolute Gasteiger partial charge is 0.247 e. The monoisotopic (exact) mass is 324 g/mol. The van der Waals surface area contributed by atoms with Crippen molar-refractivity contribution in [1.29, 1.82) is 0 Å². The second-order valence-corrected chi connectivity index (χ2v) is 9.83. The van der Waals surface area contributed by atoms with Crippen LogP contribution in [-0.2, 0) is 31.1 Å². The number of primary sulfonamides is 1. The Kier molecular flexibility index (Phi) is 3.05. The summed E-state index contributed by atoms with van der Waals surface area (Å²) in [5.41, 5.74) is 0.320. The summed E-state index contributed by atoms with van der Waals surface area (Å²) in [5.74, 6) is -0.618. The van der Waals surface area contributed by atoms with Crippen LogP contribution >= 0.6 is 11.3 Å². The summed E-state index contributed by atoms with van der Waals surface area (Å²) in [5, 5.41) is 7.28. The predicted molar refractivity (Wildman–Crippen MR) is 69.1 cm³/mol. The molecule has 0 spiro atoms. The molecule has 1 aliphatic rings. The maximum absolute atomic E-state index is 12.4. The van der Waals surface area contributed by atoms with Gasteiger partial charge in [-0.3, -0.25) is 4.79 Å². The number of sulfone groups is 1. The minimum atomic E-state index is -3.94. The molecule has 0 aliphatic carbocycles. The van der Waals surface area contributed by atoms with Gasteiger partial charge < -0.3 is 5.32 Å². The van der Waals surface area contributed by atoms with E-state index in [1.165, 1.54) is 20.0 Å². The normalized spacial score (nSPS) is 25.0. The lowest BCUT2D eigenvalue weighted by molar-refractivity contribution is -0.122. The Morgan fingerprint density at radius 1 is 1.53 bits per heavy atom. The van der Waals surface area contributed by atoms with E-state index in [1.807, 2.05) is 0 Å². The number of nitrogens with two attached hydrogens (primary N) is 1. The van der Waals surface area contributed by atoms with Gasteiger partial charge in [0.25, 0.3) is 0 Å². The summed E-state index contributed by atoms with van der Waals surface area (Å²) in [6.07, 6.45) is -0.0592. The van der Waals surface area contributed by atoms with Crippen molar-refractivity contribution >= 4 is 37.1 Å². The number of amides is 1. The standard InChI is InChI=1S/C9H12N2O5S3/c1-9(8(12)11-2)4-5-3-6(19(10,15)16)17-7(5)18(9,13)14/h3H,4H2,1-2H3,(H,11,12)(H2,10,15,16). The second kappa shape index (κ2) is 4.01. The number of hydrogen-bond acceptors (Lipinski definition) is 6. The van der Waals surface area contributed by atoms with Crippen LogP contribution in [0.25, 0.3) is 0 Å². The Morgan fingerprint density at radius 3 is 2.53 bits per heavy atom. The van der Waals surface area contributed by atoms with Crippen LogP contribution in [0.15, 0.2) is 14.5 Å². The molecule has 2 heterocycles. The Hall–Kier alpha value is -0.970. The van der Waals surface area contributed by atoms with E-state index in [4.69, 9.17) is 5.14 Å². The molecule has 3 N–H and O–H groups in total. The van der Waals surface area contributed by atoms with Gasteiger partial charge in [0, 0.05) is 13.5 Å². The highest BCUT2D eigenvalue weighted by Gasteiger charge is 2.54. The molecule has 7 nitrogen and oxygen atoms in total. The molecule has 2 rings (SSSR count). The minimum absolute atomic E-state index is 0.0592. The Morgan fingerprint density at radius 2 is 2.11 bits per heavy atom. The van der Waals surface area contributed by atoms with Crippen molar-refractivity contribution in [2.45, 2.75) is 26.5 Å². The first-order valence-corrected chi connectivity index (χ1v) is 9.01. The lowest BCUT2D eigenvalue weighted by Crippen LogP contribution is -2.47. The van der Waals surface area contributed by atoms with Gasteiger partial charge in [-0.1, -0.05) is 0 Å². The molecule has 1 aromatic heterocycles. The lowest BCUT2D eigenvalue weighted by Gasteiger charge is -2.20. The van der Waals surface area contributed by atoms with Crippen LogP contribution in [0.1, 0.15) is 12.5 Å². The highest BCUT2D eigenvalue weighted by Crippen LogP contribution is 2.44. The molecule has 0 fully saturated rings. The van der Waals surface area contributed by atoms with Gasteiger partial charge in [-0.15, -0.1) is 11.3 Å². The topological polar surface area (TPSA) is 123 Å². The third-order valence-corrected chi connectivity index (χ3v) is 8.67. The molecule has 0 saturated carbocycles. The number of fused-ring (bicyclic) bond motifs is 1. The summed E-state index contributed by atoms with van der Waals surface area (Å²) in [7, 11) is -6.50. The third kappa shape index (κ3) is 1.90. The average Bonchev–Trinajstić information content (AvgIpc) is 2.77. The third-order valence-electron chi connectivity index (χ3n) is 3.10. The molecular weight excluding hydrogens is 312 g/mol. The summed E-state index contributed by atoms with van der Waals surface area (Å²) in [6, 6.07) is 1.22. The first-order valence-electron chi connectivity index (χ1n) is 5.16. The van der Waals surface area contributed by atoms with Crippen molar-refractivity contribution in [2.75, 3.05) is 7.05 Å². The highest BCUT2D eigenvalue weighted by atomic mass is 32.3. The second-order valence-electron chi connectivity index (χ2n) is 4.41. The van der Waals surface area contributed by atoms with E-state index in [1.54, 1.807) is 0 Å². The summed E-state index contributed by atoms with van der Waals surface area (Å²) in [4.78, 5) is 11.8. The van der Waals surface area contributed by atoms with Crippen molar-refractivity contribution in [2.24, 2.45) is 5.14 Å². The molecule has 106 valence electrons. The quantitative estimate of drug-likeness (QED) is 0.739. The highest BCUT2D eigenvalue weighted by molar-refractivity contribution is 7.97. The zero-order chi connectivity index (χ0) is 14.6. The van der Waals surface area contributed by atoms with Gasteiger partial charge in [-0.05, 0) is 18.6 Å². The Labute approximate surface area is 114 Å². The molecule has 0 aromatic carbocycles. The molecule has 10 heteroatoms.